The molecule has 0 saturated carbocycles. The van der Waals surface area contributed by atoms with Gasteiger partial charge in [0.15, 0.2) is 0 Å². The van der Waals surface area contributed by atoms with Crippen LogP contribution in [-0.2, 0) is 16.6 Å². The van der Waals surface area contributed by atoms with E-state index in [2.05, 4.69) is 10.0 Å². The van der Waals surface area contributed by atoms with Crippen LogP contribution in [0.15, 0.2) is 53.4 Å². The highest BCUT2D eigenvalue weighted by molar-refractivity contribution is 7.89. The van der Waals surface area contributed by atoms with E-state index < -0.39 is 10.0 Å². The van der Waals surface area contributed by atoms with Crippen molar-refractivity contribution in [3.05, 3.63) is 64.7 Å². The zero-order valence-corrected chi connectivity index (χ0v) is 15.7. The van der Waals surface area contributed by atoms with Crippen molar-refractivity contribution in [1.82, 2.24) is 10.0 Å². The predicted octanol–water partition coefficient (Wildman–Crippen LogP) is 3.35. The van der Waals surface area contributed by atoms with Crippen LogP contribution in [0, 0.1) is 0 Å². The number of hydrogen-bond donors (Lipinski definition) is 2. The topological polar surface area (TPSA) is 75.3 Å². The summed E-state index contributed by atoms with van der Waals surface area (Å²) in [5, 5.41) is 3.41. The molecule has 0 aliphatic rings. The number of amides is 1. The molecule has 0 saturated heterocycles. The highest BCUT2D eigenvalue weighted by atomic mass is 35.5. The Labute approximate surface area is 153 Å². The molecule has 7 heteroatoms. The van der Waals surface area contributed by atoms with Crippen molar-refractivity contribution in [3.63, 3.8) is 0 Å². The minimum Gasteiger partial charge on any atom is -0.350 e. The Bertz CT molecular complexity index is 836. The van der Waals surface area contributed by atoms with Crippen molar-refractivity contribution in [2.24, 2.45) is 0 Å². The lowest BCUT2D eigenvalue weighted by Gasteiger charge is -2.12. The molecular formula is C18H21ClN2O3S. The summed E-state index contributed by atoms with van der Waals surface area (Å²) in [5.74, 6) is -0.288. The van der Waals surface area contributed by atoms with Gasteiger partial charge in [-0.05, 0) is 49.2 Å². The van der Waals surface area contributed by atoms with Gasteiger partial charge >= 0.3 is 0 Å². The normalized spacial score (nSPS) is 12.6. The fraction of sp³-hybridized carbons (Fsp3) is 0.278. The van der Waals surface area contributed by atoms with Crippen molar-refractivity contribution in [3.8, 4) is 0 Å². The number of sulfonamides is 1. The van der Waals surface area contributed by atoms with Crippen molar-refractivity contribution in [2.75, 3.05) is 0 Å². The lowest BCUT2D eigenvalue weighted by atomic mass is 10.2. The summed E-state index contributed by atoms with van der Waals surface area (Å²) in [4.78, 5) is 12.2. The Morgan fingerprint density at radius 3 is 2.48 bits per heavy atom. The molecule has 0 spiro atoms. The van der Waals surface area contributed by atoms with Crippen LogP contribution >= 0.6 is 11.6 Å². The zero-order chi connectivity index (χ0) is 18.4. The average molecular weight is 381 g/mol. The standard InChI is InChI=1S/C18H21ClN2O3S/c1-3-13(2)21-18(22)15-5-4-6-17(11-15)25(23,24)20-12-14-7-9-16(19)10-8-14/h4-11,13,20H,3,12H2,1-2H3,(H,21,22). The summed E-state index contributed by atoms with van der Waals surface area (Å²) >= 11 is 5.81. The summed E-state index contributed by atoms with van der Waals surface area (Å²) in [6, 6.07) is 12.9. The Morgan fingerprint density at radius 1 is 1.16 bits per heavy atom. The first-order valence-corrected chi connectivity index (χ1v) is 9.83. The number of halogens is 1. The van der Waals surface area contributed by atoms with E-state index in [9.17, 15) is 13.2 Å². The van der Waals surface area contributed by atoms with E-state index in [-0.39, 0.29) is 23.4 Å². The van der Waals surface area contributed by atoms with E-state index in [0.717, 1.165) is 12.0 Å². The second kappa shape index (κ2) is 8.47. The van der Waals surface area contributed by atoms with Gasteiger partial charge in [0, 0.05) is 23.2 Å². The molecular weight excluding hydrogens is 360 g/mol. The smallest absolute Gasteiger partial charge is 0.251 e. The van der Waals surface area contributed by atoms with Crippen molar-refractivity contribution in [1.29, 1.82) is 0 Å². The highest BCUT2D eigenvalue weighted by Gasteiger charge is 2.16. The summed E-state index contributed by atoms with van der Waals surface area (Å²) in [6.07, 6.45) is 0.798. The Kier molecular flexibility index (Phi) is 6.58. The van der Waals surface area contributed by atoms with Crippen LogP contribution < -0.4 is 10.0 Å². The number of carbonyl (C=O) groups is 1. The van der Waals surface area contributed by atoms with Crippen LogP contribution in [0.1, 0.15) is 36.2 Å². The summed E-state index contributed by atoms with van der Waals surface area (Å²) in [7, 11) is -3.72. The van der Waals surface area contributed by atoms with Gasteiger partial charge in [-0.2, -0.15) is 0 Å². The molecule has 1 unspecified atom stereocenters. The van der Waals surface area contributed by atoms with Crippen LogP contribution in [0.25, 0.3) is 0 Å². The molecule has 0 heterocycles. The van der Waals surface area contributed by atoms with Crippen LogP contribution in [0.2, 0.25) is 5.02 Å². The van der Waals surface area contributed by atoms with E-state index in [1.165, 1.54) is 12.1 Å². The van der Waals surface area contributed by atoms with Gasteiger partial charge in [-0.1, -0.05) is 36.7 Å². The molecule has 0 aromatic heterocycles. The number of benzene rings is 2. The minimum atomic E-state index is -3.72. The van der Waals surface area contributed by atoms with Gasteiger partial charge in [0.25, 0.3) is 5.91 Å². The third kappa shape index (κ3) is 5.56. The van der Waals surface area contributed by atoms with Crippen LogP contribution in [-0.4, -0.2) is 20.4 Å². The SMILES string of the molecule is CCC(C)NC(=O)c1cccc(S(=O)(=O)NCc2ccc(Cl)cc2)c1. The average Bonchev–Trinajstić information content (AvgIpc) is 2.61. The van der Waals surface area contributed by atoms with E-state index in [1.54, 1.807) is 36.4 Å². The molecule has 0 fully saturated rings. The lowest BCUT2D eigenvalue weighted by Crippen LogP contribution is -2.32. The second-order valence-electron chi connectivity index (χ2n) is 5.76. The van der Waals surface area contributed by atoms with Crippen LogP contribution in [0.3, 0.4) is 0 Å². The third-order valence-electron chi connectivity index (χ3n) is 3.78. The first-order chi connectivity index (χ1) is 11.8. The molecule has 2 rings (SSSR count). The molecule has 0 aliphatic carbocycles. The fourth-order valence-electron chi connectivity index (χ4n) is 2.08. The first kappa shape index (κ1) is 19.4. The van der Waals surface area contributed by atoms with Gasteiger partial charge in [0.1, 0.15) is 0 Å². The predicted molar refractivity (Wildman–Crippen MR) is 99.1 cm³/mol. The quantitative estimate of drug-likeness (QED) is 0.773. The van der Waals surface area contributed by atoms with Crippen molar-refractivity contribution >= 4 is 27.5 Å². The van der Waals surface area contributed by atoms with Crippen molar-refractivity contribution < 1.29 is 13.2 Å². The molecule has 25 heavy (non-hydrogen) atoms. The molecule has 2 aromatic rings. The molecule has 2 N–H and O–H groups in total. The van der Waals surface area contributed by atoms with Gasteiger partial charge in [-0.15, -0.1) is 0 Å². The molecule has 0 radical (unpaired) electrons. The highest BCUT2D eigenvalue weighted by Crippen LogP contribution is 2.14. The lowest BCUT2D eigenvalue weighted by molar-refractivity contribution is 0.0939. The maximum atomic E-state index is 12.5. The Morgan fingerprint density at radius 2 is 1.84 bits per heavy atom. The minimum absolute atomic E-state index is 0.0239. The van der Waals surface area contributed by atoms with Gasteiger partial charge in [0.05, 0.1) is 4.90 Å². The largest absolute Gasteiger partial charge is 0.350 e. The Hall–Kier alpha value is -1.89. The van der Waals surface area contributed by atoms with Gasteiger partial charge < -0.3 is 5.32 Å². The zero-order valence-electron chi connectivity index (χ0n) is 14.1. The van der Waals surface area contributed by atoms with Gasteiger partial charge in [0.2, 0.25) is 10.0 Å². The molecule has 0 aliphatic heterocycles. The van der Waals surface area contributed by atoms with E-state index in [4.69, 9.17) is 11.6 Å². The van der Waals surface area contributed by atoms with Crippen molar-refractivity contribution in [2.45, 2.75) is 37.8 Å². The number of nitrogens with one attached hydrogen (secondary N) is 2. The maximum Gasteiger partial charge on any atom is 0.251 e. The fourth-order valence-corrected chi connectivity index (χ4v) is 3.27. The summed E-state index contributed by atoms with van der Waals surface area (Å²) < 4.78 is 27.4. The monoisotopic (exact) mass is 380 g/mol. The van der Waals surface area contributed by atoms with Gasteiger partial charge in [-0.25, -0.2) is 13.1 Å². The van der Waals surface area contributed by atoms with Crippen LogP contribution in [0.4, 0.5) is 0 Å². The molecule has 1 atom stereocenters. The molecule has 134 valence electrons. The molecule has 5 nitrogen and oxygen atoms in total. The second-order valence-corrected chi connectivity index (χ2v) is 7.96. The molecule has 0 bridgehead atoms. The summed E-state index contributed by atoms with van der Waals surface area (Å²) in [5.41, 5.74) is 1.10. The number of rotatable bonds is 7. The maximum absolute atomic E-state index is 12.5. The summed E-state index contributed by atoms with van der Waals surface area (Å²) in [6.45, 7) is 4.00. The van der Waals surface area contributed by atoms with Crippen LogP contribution in [0.5, 0.6) is 0 Å². The number of hydrogen-bond acceptors (Lipinski definition) is 3. The Balaban J connectivity index is 2.12. The van der Waals surface area contributed by atoms with E-state index >= 15 is 0 Å². The first-order valence-electron chi connectivity index (χ1n) is 7.97. The van der Waals surface area contributed by atoms with E-state index in [1.807, 2.05) is 13.8 Å². The number of carbonyl (C=O) groups excluding carboxylic acids is 1. The molecule has 1 amide bonds. The van der Waals surface area contributed by atoms with Gasteiger partial charge in [-0.3, -0.25) is 4.79 Å². The van der Waals surface area contributed by atoms with E-state index in [0.29, 0.717) is 10.6 Å². The molecule has 2 aromatic carbocycles. The third-order valence-corrected chi connectivity index (χ3v) is 5.43.